The lowest BCUT2D eigenvalue weighted by atomic mass is 9.97. The molecule has 194 valence electrons. The molecule has 0 aromatic carbocycles. The molecule has 0 aliphatic heterocycles. The van der Waals surface area contributed by atoms with E-state index < -0.39 is 0 Å². The van der Waals surface area contributed by atoms with Crippen LogP contribution in [0.15, 0.2) is 0 Å². The first-order valence-electron chi connectivity index (χ1n) is 12.8. The van der Waals surface area contributed by atoms with E-state index in [0.717, 1.165) is 107 Å². The highest BCUT2D eigenvalue weighted by Crippen LogP contribution is 2.29. The van der Waals surface area contributed by atoms with Crippen molar-refractivity contribution in [2.24, 2.45) is 5.73 Å². The van der Waals surface area contributed by atoms with Gasteiger partial charge in [-0.3, -0.25) is 0 Å². The number of ether oxygens (including phenoxy) is 5. The van der Waals surface area contributed by atoms with Crippen molar-refractivity contribution in [3.63, 3.8) is 0 Å². The fraction of sp³-hybridized carbons (Fsp3) is 1.00. The minimum atomic E-state index is -0.219. The summed E-state index contributed by atoms with van der Waals surface area (Å²) in [5.41, 5.74) is 6.00. The van der Waals surface area contributed by atoms with E-state index in [1.807, 2.05) is 0 Å². The van der Waals surface area contributed by atoms with E-state index >= 15 is 0 Å². The molecule has 0 bridgehead atoms. The maximum absolute atomic E-state index is 6.22. The molecular weight excluding hydrogens is 444 g/mol. The van der Waals surface area contributed by atoms with Gasteiger partial charge in [-0.15, -0.1) is 17.2 Å². The van der Waals surface area contributed by atoms with Gasteiger partial charge in [-0.25, -0.2) is 0 Å². The summed E-state index contributed by atoms with van der Waals surface area (Å²) >= 11 is 0. The summed E-state index contributed by atoms with van der Waals surface area (Å²) in [5, 5.41) is 0. The SMILES string of the molecule is CCCOC(CPCCC(CN)(CCPCC(OCCC)OCCC)OCC)OCCC. The Morgan fingerprint density at radius 3 is 1.31 bits per heavy atom. The molecule has 0 radical (unpaired) electrons. The molecular formula is C24H53NO5P2. The molecule has 2 N–H and O–H groups in total. The van der Waals surface area contributed by atoms with Gasteiger partial charge in [0.15, 0.2) is 12.6 Å². The van der Waals surface area contributed by atoms with Crippen molar-refractivity contribution in [1.29, 1.82) is 0 Å². The molecule has 2 atom stereocenters. The second-order valence-corrected chi connectivity index (χ2v) is 10.9. The van der Waals surface area contributed by atoms with Crippen LogP contribution in [0.1, 0.15) is 73.1 Å². The van der Waals surface area contributed by atoms with Crippen LogP contribution in [-0.4, -0.2) is 82.4 Å². The molecule has 0 aromatic heterocycles. The number of rotatable bonds is 25. The largest absolute Gasteiger partial charge is 0.374 e. The van der Waals surface area contributed by atoms with E-state index in [-0.39, 0.29) is 18.2 Å². The van der Waals surface area contributed by atoms with Crippen molar-refractivity contribution < 1.29 is 23.7 Å². The van der Waals surface area contributed by atoms with Gasteiger partial charge in [0, 0.05) is 51.9 Å². The molecule has 0 saturated carbocycles. The number of hydrogen-bond acceptors (Lipinski definition) is 6. The van der Waals surface area contributed by atoms with Crippen LogP contribution in [0.4, 0.5) is 0 Å². The molecule has 0 aliphatic carbocycles. The first-order chi connectivity index (χ1) is 15.6. The molecule has 0 heterocycles. The highest BCUT2D eigenvalue weighted by Gasteiger charge is 2.28. The second-order valence-electron chi connectivity index (χ2n) is 8.07. The number of nitrogens with two attached hydrogens (primary N) is 1. The van der Waals surface area contributed by atoms with Crippen molar-refractivity contribution in [2.75, 3.05) is 64.2 Å². The van der Waals surface area contributed by atoms with Crippen LogP contribution in [0.5, 0.6) is 0 Å². The highest BCUT2D eigenvalue weighted by atomic mass is 31.1. The lowest BCUT2D eigenvalue weighted by Gasteiger charge is -2.33. The van der Waals surface area contributed by atoms with Crippen LogP contribution >= 0.6 is 17.2 Å². The van der Waals surface area contributed by atoms with Crippen LogP contribution in [-0.2, 0) is 23.7 Å². The van der Waals surface area contributed by atoms with Gasteiger partial charge in [-0.05, 0) is 57.8 Å². The summed E-state index contributed by atoms with van der Waals surface area (Å²) in [4.78, 5) is 0. The maximum Gasteiger partial charge on any atom is 0.161 e. The minimum Gasteiger partial charge on any atom is -0.374 e. The van der Waals surface area contributed by atoms with Crippen molar-refractivity contribution in [1.82, 2.24) is 0 Å². The van der Waals surface area contributed by atoms with Crippen LogP contribution in [0.3, 0.4) is 0 Å². The molecule has 0 aromatic rings. The summed E-state index contributed by atoms with van der Waals surface area (Å²) in [7, 11) is 1.59. The Balaban J connectivity index is 4.47. The topological polar surface area (TPSA) is 72.2 Å². The summed E-state index contributed by atoms with van der Waals surface area (Å²) in [5.74, 6) is 0. The Morgan fingerprint density at radius 1 is 0.656 bits per heavy atom. The Labute approximate surface area is 202 Å². The Hall–Kier alpha value is 0.620. The Bertz CT molecular complexity index is 349. The molecule has 0 saturated heterocycles. The van der Waals surface area contributed by atoms with E-state index in [0.29, 0.717) is 13.2 Å². The zero-order chi connectivity index (χ0) is 23.9. The lowest BCUT2D eigenvalue weighted by molar-refractivity contribution is -0.127. The van der Waals surface area contributed by atoms with Crippen LogP contribution in [0, 0.1) is 0 Å². The molecule has 32 heavy (non-hydrogen) atoms. The standard InChI is InChI=1S/C24H53NO5P2/c1-6-13-26-22(27-14-7-2)19-31-17-11-24(21-25,30-10-5)12-18-32-20-23(28-15-8-3)29-16-9-4/h22-23,31-32H,6-21,25H2,1-5H3. The predicted octanol–water partition coefficient (Wildman–Crippen LogP) is 5.22. The van der Waals surface area contributed by atoms with E-state index in [4.69, 9.17) is 29.4 Å². The molecule has 0 aliphatic rings. The zero-order valence-electron chi connectivity index (χ0n) is 21.6. The summed E-state index contributed by atoms with van der Waals surface area (Å²) < 4.78 is 29.7. The van der Waals surface area contributed by atoms with Gasteiger partial charge in [-0.2, -0.15) is 0 Å². The smallest absolute Gasteiger partial charge is 0.161 e. The zero-order valence-corrected chi connectivity index (χ0v) is 23.6. The normalized spacial score (nSPS) is 14.6. The fourth-order valence-electron chi connectivity index (χ4n) is 3.24. The van der Waals surface area contributed by atoms with Crippen molar-refractivity contribution in [3.8, 4) is 0 Å². The van der Waals surface area contributed by atoms with Gasteiger partial charge in [0.25, 0.3) is 0 Å². The van der Waals surface area contributed by atoms with Gasteiger partial charge in [0.2, 0.25) is 0 Å². The molecule has 2 unspecified atom stereocenters. The third kappa shape index (κ3) is 17.1. The lowest BCUT2D eigenvalue weighted by Crippen LogP contribution is -2.42. The predicted molar refractivity (Wildman–Crippen MR) is 141 cm³/mol. The van der Waals surface area contributed by atoms with Gasteiger partial charge in [0.1, 0.15) is 0 Å². The van der Waals surface area contributed by atoms with E-state index in [2.05, 4.69) is 34.6 Å². The quantitative estimate of drug-likeness (QED) is 0.106. The van der Waals surface area contributed by atoms with E-state index in [1.54, 1.807) is 0 Å². The molecule has 0 fully saturated rings. The van der Waals surface area contributed by atoms with E-state index in [9.17, 15) is 0 Å². The average Bonchev–Trinajstić information content (AvgIpc) is 2.81. The fourth-order valence-corrected chi connectivity index (χ4v) is 5.86. The summed E-state index contributed by atoms with van der Waals surface area (Å²) in [6.45, 7) is 14.9. The molecule has 0 spiro atoms. The van der Waals surface area contributed by atoms with Gasteiger partial charge >= 0.3 is 0 Å². The second kappa shape index (κ2) is 23.4. The van der Waals surface area contributed by atoms with Gasteiger partial charge in [-0.1, -0.05) is 27.7 Å². The van der Waals surface area contributed by atoms with Gasteiger partial charge < -0.3 is 29.4 Å². The van der Waals surface area contributed by atoms with Crippen LogP contribution in [0.2, 0.25) is 0 Å². The van der Waals surface area contributed by atoms with Crippen molar-refractivity contribution >= 4 is 17.2 Å². The van der Waals surface area contributed by atoms with Crippen molar-refractivity contribution in [2.45, 2.75) is 91.3 Å². The first-order valence-corrected chi connectivity index (χ1v) is 15.7. The third-order valence-electron chi connectivity index (χ3n) is 4.99. The maximum atomic E-state index is 6.22. The Morgan fingerprint density at radius 2 is 1.03 bits per heavy atom. The van der Waals surface area contributed by atoms with Crippen LogP contribution < -0.4 is 5.73 Å². The van der Waals surface area contributed by atoms with Crippen LogP contribution in [0.25, 0.3) is 0 Å². The monoisotopic (exact) mass is 497 g/mol. The first kappa shape index (κ1) is 32.6. The third-order valence-corrected chi connectivity index (χ3v) is 7.44. The summed E-state index contributed by atoms with van der Waals surface area (Å²) in [6.07, 6.45) is 10.0. The average molecular weight is 498 g/mol. The minimum absolute atomic E-state index is 0.0720. The summed E-state index contributed by atoms with van der Waals surface area (Å²) in [6, 6.07) is 0. The molecule has 6 nitrogen and oxygen atoms in total. The van der Waals surface area contributed by atoms with Gasteiger partial charge in [0.05, 0.1) is 5.60 Å². The highest BCUT2D eigenvalue weighted by molar-refractivity contribution is 7.38. The molecule has 0 rings (SSSR count). The number of hydrogen-bond donors (Lipinski definition) is 1. The Kier molecular flexibility index (Phi) is 23.8. The van der Waals surface area contributed by atoms with Crippen molar-refractivity contribution in [3.05, 3.63) is 0 Å². The molecule has 0 amide bonds. The van der Waals surface area contributed by atoms with E-state index in [1.165, 1.54) is 0 Å². The molecule has 8 heteroatoms.